The maximum Gasteiger partial charge on any atom is 0.254 e. The van der Waals surface area contributed by atoms with E-state index in [2.05, 4.69) is 15.2 Å². The number of amides is 1. The second kappa shape index (κ2) is 6.41. The van der Waals surface area contributed by atoms with E-state index in [1.807, 2.05) is 24.8 Å². The van der Waals surface area contributed by atoms with Crippen LogP contribution in [0.1, 0.15) is 60.3 Å². The van der Waals surface area contributed by atoms with E-state index in [1.54, 1.807) is 0 Å². The predicted molar refractivity (Wildman–Crippen MR) is 95.4 cm³/mol. The quantitative estimate of drug-likeness (QED) is 0.879. The zero-order valence-electron chi connectivity index (χ0n) is 15.0. The summed E-state index contributed by atoms with van der Waals surface area (Å²) in [6, 6.07) is 2.03. The highest BCUT2D eigenvalue weighted by molar-refractivity contribution is 6.06. The number of fused-ring (bicyclic) bond motifs is 1. The fraction of sp³-hybridized carbons (Fsp3) is 0.632. The van der Waals surface area contributed by atoms with Crippen LogP contribution in [-0.4, -0.2) is 49.8 Å². The van der Waals surface area contributed by atoms with Crippen LogP contribution in [0.3, 0.4) is 0 Å². The van der Waals surface area contributed by atoms with Gasteiger partial charge in [-0.2, -0.15) is 5.10 Å². The maximum absolute atomic E-state index is 13.4. The van der Waals surface area contributed by atoms with Crippen LogP contribution in [0, 0.1) is 19.8 Å². The number of carbonyl (C=O) groups is 1. The van der Waals surface area contributed by atoms with E-state index in [-0.39, 0.29) is 24.0 Å². The van der Waals surface area contributed by atoms with E-state index in [0.717, 1.165) is 61.8 Å². The summed E-state index contributed by atoms with van der Waals surface area (Å²) in [5.41, 5.74) is 2.97. The Hall–Kier alpha value is -1.95. The first-order chi connectivity index (χ1) is 12.1. The number of likely N-dealkylation sites (tertiary alicyclic amines) is 1. The molecule has 0 bridgehead atoms. The fourth-order valence-electron chi connectivity index (χ4n) is 4.70. The van der Waals surface area contributed by atoms with Crippen molar-refractivity contribution < 1.29 is 9.90 Å². The zero-order valence-corrected chi connectivity index (χ0v) is 15.0. The lowest BCUT2D eigenvalue weighted by molar-refractivity contribution is 0.0212. The standard InChI is InChI=1S/C19H26N4O2/c1-11-10-14(17-12(2)21-22-18(17)20-11)19(25)23-9-5-7-15(23)13-6-3-4-8-16(13)24/h10,13,15-16,24H,3-9H2,1-2H3,(H,20,21,22)/t13-,15-,16+/m1/s1. The molecule has 3 heterocycles. The molecule has 1 saturated heterocycles. The summed E-state index contributed by atoms with van der Waals surface area (Å²) in [4.78, 5) is 19.8. The van der Waals surface area contributed by atoms with Crippen LogP contribution in [0.4, 0.5) is 0 Å². The van der Waals surface area contributed by atoms with Crippen molar-refractivity contribution in [3.63, 3.8) is 0 Å². The monoisotopic (exact) mass is 342 g/mol. The Kier molecular flexibility index (Phi) is 4.23. The van der Waals surface area contributed by atoms with Crippen molar-refractivity contribution in [1.29, 1.82) is 0 Å². The summed E-state index contributed by atoms with van der Waals surface area (Å²) in [5, 5.41) is 18.5. The molecule has 25 heavy (non-hydrogen) atoms. The number of rotatable bonds is 2. The van der Waals surface area contributed by atoms with Gasteiger partial charge in [0.05, 0.1) is 17.1 Å². The number of carbonyl (C=O) groups excluding carboxylic acids is 1. The third-order valence-corrected chi connectivity index (χ3v) is 5.90. The molecule has 1 aliphatic heterocycles. The van der Waals surface area contributed by atoms with Crippen LogP contribution in [-0.2, 0) is 0 Å². The number of aryl methyl sites for hydroxylation is 2. The van der Waals surface area contributed by atoms with Crippen molar-refractivity contribution in [3.05, 3.63) is 23.0 Å². The van der Waals surface area contributed by atoms with Crippen molar-refractivity contribution in [2.45, 2.75) is 64.5 Å². The van der Waals surface area contributed by atoms with Gasteiger partial charge < -0.3 is 10.0 Å². The van der Waals surface area contributed by atoms with Gasteiger partial charge in [0.1, 0.15) is 0 Å². The second-order valence-electron chi connectivity index (χ2n) is 7.58. The molecule has 1 aliphatic carbocycles. The topological polar surface area (TPSA) is 82.1 Å². The summed E-state index contributed by atoms with van der Waals surface area (Å²) in [6.45, 7) is 4.59. The number of pyridine rings is 1. The Morgan fingerprint density at radius 2 is 2.04 bits per heavy atom. The molecule has 2 aliphatic rings. The molecular weight excluding hydrogens is 316 g/mol. The van der Waals surface area contributed by atoms with Crippen LogP contribution in [0.25, 0.3) is 11.0 Å². The van der Waals surface area contributed by atoms with Crippen molar-refractivity contribution in [3.8, 4) is 0 Å². The van der Waals surface area contributed by atoms with Crippen molar-refractivity contribution >= 4 is 16.9 Å². The summed E-state index contributed by atoms with van der Waals surface area (Å²) >= 11 is 0. The predicted octanol–water partition coefficient (Wildman–Crippen LogP) is 2.73. The number of aliphatic hydroxyl groups is 1. The van der Waals surface area contributed by atoms with E-state index >= 15 is 0 Å². The number of aliphatic hydroxyl groups excluding tert-OH is 1. The largest absolute Gasteiger partial charge is 0.393 e. The number of nitrogens with zero attached hydrogens (tertiary/aromatic N) is 3. The Morgan fingerprint density at radius 1 is 1.24 bits per heavy atom. The summed E-state index contributed by atoms with van der Waals surface area (Å²) in [5.74, 6) is 0.268. The summed E-state index contributed by atoms with van der Waals surface area (Å²) < 4.78 is 0. The van der Waals surface area contributed by atoms with Crippen LogP contribution in [0.2, 0.25) is 0 Å². The molecule has 4 rings (SSSR count). The van der Waals surface area contributed by atoms with Crippen LogP contribution in [0.5, 0.6) is 0 Å². The first-order valence-electron chi connectivity index (χ1n) is 9.37. The highest BCUT2D eigenvalue weighted by atomic mass is 16.3. The van der Waals surface area contributed by atoms with Crippen LogP contribution in [0.15, 0.2) is 6.07 Å². The Labute approximate surface area is 147 Å². The van der Waals surface area contributed by atoms with Crippen molar-refractivity contribution in [2.24, 2.45) is 5.92 Å². The molecule has 6 nitrogen and oxygen atoms in total. The van der Waals surface area contributed by atoms with E-state index in [9.17, 15) is 9.90 Å². The third kappa shape index (κ3) is 2.82. The summed E-state index contributed by atoms with van der Waals surface area (Å²) in [7, 11) is 0. The number of nitrogens with one attached hydrogen (secondary N) is 1. The number of aromatic nitrogens is 3. The fourth-order valence-corrected chi connectivity index (χ4v) is 4.70. The molecule has 0 radical (unpaired) electrons. The number of hydrogen-bond donors (Lipinski definition) is 2. The molecule has 0 aromatic carbocycles. The molecular formula is C19H26N4O2. The molecule has 2 aromatic heterocycles. The SMILES string of the molecule is Cc1cc(C(=O)N2CCC[C@@H]2[C@H]2CCCC[C@@H]2O)c2c(C)[nH]nc2n1. The molecule has 6 heteroatoms. The van der Waals surface area contributed by atoms with Gasteiger partial charge in [0.15, 0.2) is 5.65 Å². The molecule has 1 amide bonds. The number of aromatic amines is 1. The molecule has 134 valence electrons. The molecule has 2 fully saturated rings. The van der Waals surface area contributed by atoms with Gasteiger partial charge in [-0.25, -0.2) is 4.98 Å². The Bertz CT molecular complexity index is 800. The van der Waals surface area contributed by atoms with Gasteiger partial charge in [0.25, 0.3) is 5.91 Å². The van der Waals surface area contributed by atoms with Gasteiger partial charge in [-0.05, 0) is 45.6 Å². The average Bonchev–Trinajstić information content (AvgIpc) is 3.21. The van der Waals surface area contributed by atoms with E-state index in [4.69, 9.17) is 0 Å². The molecule has 2 N–H and O–H groups in total. The highest BCUT2D eigenvalue weighted by Crippen LogP contribution is 2.36. The Morgan fingerprint density at radius 3 is 2.84 bits per heavy atom. The first-order valence-corrected chi connectivity index (χ1v) is 9.37. The lowest BCUT2D eigenvalue weighted by Crippen LogP contribution is -2.45. The van der Waals surface area contributed by atoms with E-state index in [1.165, 1.54) is 0 Å². The molecule has 2 aromatic rings. The lowest BCUT2D eigenvalue weighted by atomic mass is 9.80. The van der Waals surface area contributed by atoms with E-state index < -0.39 is 0 Å². The molecule has 0 spiro atoms. The van der Waals surface area contributed by atoms with Gasteiger partial charge in [0.2, 0.25) is 0 Å². The number of H-pyrrole nitrogens is 1. The minimum atomic E-state index is -0.276. The average molecular weight is 342 g/mol. The van der Waals surface area contributed by atoms with Crippen LogP contribution < -0.4 is 0 Å². The second-order valence-corrected chi connectivity index (χ2v) is 7.58. The lowest BCUT2D eigenvalue weighted by Gasteiger charge is -2.37. The van der Waals surface area contributed by atoms with E-state index in [0.29, 0.717) is 11.2 Å². The highest BCUT2D eigenvalue weighted by Gasteiger charge is 2.39. The van der Waals surface area contributed by atoms with Crippen molar-refractivity contribution in [2.75, 3.05) is 6.54 Å². The minimum Gasteiger partial charge on any atom is -0.393 e. The van der Waals surface area contributed by atoms with Gasteiger partial charge in [0, 0.05) is 29.9 Å². The van der Waals surface area contributed by atoms with Gasteiger partial charge in [-0.1, -0.05) is 12.8 Å². The molecule has 1 saturated carbocycles. The van der Waals surface area contributed by atoms with Gasteiger partial charge >= 0.3 is 0 Å². The third-order valence-electron chi connectivity index (χ3n) is 5.90. The van der Waals surface area contributed by atoms with Crippen molar-refractivity contribution in [1.82, 2.24) is 20.1 Å². The maximum atomic E-state index is 13.4. The number of hydrogen-bond acceptors (Lipinski definition) is 4. The Balaban J connectivity index is 1.69. The zero-order chi connectivity index (χ0) is 17.6. The molecule has 0 unspecified atom stereocenters. The first kappa shape index (κ1) is 16.5. The van der Waals surface area contributed by atoms with Gasteiger partial charge in [-0.15, -0.1) is 0 Å². The minimum absolute atomic E-state index is 0.0558. The molecule has 3 atom stereocenters. The summed E-state index contributed by atoms with van der Waals surface area (Å²) in [6.07, 6.45) is 5.86. The normalized spacial score (nSPS) is 27.2. The smallest absolute Gasteiger partial charge is 0.254 e. The van der Waals surface area contributed by atoms with Gasteiger partial charge in [-0.3, -0.25) is 9.89 Å². The van der Waals surface area contributed by atoms with Crippen LogP contribution >= 0.6 is 0 Å².